The van der Waals surface area contributed by atoms with Crippen molar-refractivity contribution in [1.29, 1.82) is 0 Å². The molecule has 5 heteroatoms. The van der Waals surface area contributed by atoms with Gasteiger partial charge in [0.25, 0.3) is 0 Å². The summed E-state index contributed by atoms with van der Waals surface area (Å²) in [6.07, 6.45) is 0. The van der Waals surface area contributed by atoms with Gasteiger partial charge < -0.3 is 20.0 Å². The first-order valence-electron chi connectivity index (χ1n) is 9.14. The number of urea groups is 1. The third-order valence-electron chi connectivity index (χ3n) is 4.99. The Bertz CT molecular complexity index is 734. The standard InChI is InChI=1S/C21H28N4O/c1-17-6-4-5-7-18(17)16-22-21(26)25-14-12-24(13-15-25)20-10-8-19(9-11-20)23(2)3/h4-11H,12-16H2,1-3H3,(H,22,26). The lowest BCUT2D eigenvalue weighted by Crippen LogP contribution is -2.51. The maximum Gasteiger partial charge on any atom is 0.317 e. The number of aryl methyl sites for hydroxylation is 1. The van der Waals surface area contributed by atoms with Crippen molar-refractivity contribution in [1.82, 2.24) is 10.2 Å². The molecule has 1 aliphatic rings. The van der Waals surface area contributed by atoms with Crippen molar-refractivity contribution in [3.63, 3.8) is 0 Å². The van der Waals surface area contributed by atoms with E-state index in [4.69, 9.17) is 0 Å². The molecule has 0 radical (unpaired) electrons. The summed E-state index contributed by atoms with van der Waals surface area (Å²) in [5.41, 5.74) is 4.79. The molecule has 0 aromatic heterocycles. The van der Waals surface area contributed by atoms with Gasteiger partial charge in [-0.05, 0) is 42.3 Å². The van der Waals surface area contributed by atoms with Crippen LogP contribution in [0, 0.1) is 6.92 Å². The number of anilines is 2. The van der Waals surface area contributed by atoms with Gasteiger partial charge in [0.1, 0.15) is 0 Å². The Hall–Kier alpha value is -2.69. The third-order valence-corrected chi connectivity index (χ3v) is 4.99. The molecule has 0 atom stereocenters. The van der Waals surface area contributed by atoms with Crippen LogP contribution in [0.1, 0.15) is 11.1 Å². The summed E-state index contributed by atoms with van der Waals surface area (Å²) in [4.78, 5) is 18.8. The minimum absolute atomic E-state index is 0.0239. The van der Waals surface area contributed by atoms with Crippen molar-refractivity contribution in [3.8, 4) is 0 Å². The predicted octanol–water partition coefficient (Wildman–Crippen LogP) is 3.09. The molecule has 0 spiro atoms. The highest BCUT2D eigenvalue weighted by atomic mass is 16.2. The molecule has 3 rings (SSSR count). The predicted molar refractivity (Wildman–Crippen MR) is 108 cm³/mol. The van der Waals surface area contributed by atoms with Crippen molar-refractivity contribution in [3.05, 3.63) is 59.7 Å². The maximum absolute atomic E-state index is 12.4. The number of benzene rings is 2. The van der Waals surface area contributed by atoms with Crippen LogP contribution >= 0.6 is 0 Å². The molecule has 0 unspecified atom stereocenters. The van der Waals surface area contributed by atoms with Crippen LogP contribution in [0.4, 0.5) is 16.2 Å². The summed E-state index contributed by atoms with van der Waals surface area (Å²) in [6.45, 7) is 5.86. The van der Waals surface area contributed by atoms with E-state index in [1.807, 2.05) is 31.1 Å². The molecule has 1 N–H and O–H groups in total. The summed E-state index contributed by atoms with van der Waals surface area (Å²) in [6, 6.07) is 16.8. The zero-order valence-electron chi connectivity index (χ0n) is 15.9. The molecule has 2 aromatic rings. The molecule has 2 amide bonds. The number of carbonyl (C=O) groups excluding carboxylic acids is 1. The average molecular weight is 352 g/mol. The number of rotatable bonds is 4. The van der Waals surface area contributed by atoms with Gasteiger partial charge >= 0.3 is 6.03 Å². The molecule has 0 aliphatic carbocycles. The number of amides is 2. The Morgan fingerprint density at radius 2 is 1.65 bits per heavy atom. The normalized spacial score (nSPS) is 14.3. The molecule has 1 aliphatic heterocycles. The molecule has 26 heavy (non-hydrogen) atoms. The van der Waals surface area contributed by atoms with Crippen molar-refractivity contribution in [2.75, 3.05) is 50.1 Å². The summed E-state index contributed by atoms with van der Waals surface area (Å²) in [5, 5.41) is 3.05. The van der Waals surface area contributed by atoms with E-state index in [1.165, 1.54) is 22.5 Å². The largest absolute Gasteiger partial charge is 0.378 e. The Balaban J connectivity index is 1.50. The van der Waals surface area contributed by atoms with Crippen LogP contribution in [0.25, 0.3) is 0 Å². The number of hydrogen-bond acceptors (Lipinski definition) is 3. The molecule has 0 bridgehead atoms. The molecule has 138 valence electrons. The van der Waals surface area contributed by atoms with Gasteiger partial charge in [-0.3, -0.25) is 0 Å². The van der Waals surface area contributed by atoms with Gasteiger partial charge in [-0.1, -0.05) is 24.3 Å². The number of nitrogens with one attached hydrogen (secondary N) is 1. The number of hydrogen-bond donors (Lipinski definition) is 1. The fourth-order valence-corrected chi connectivity index (χ4v) is 3.22. The Morgan fingerprint density at radius 3 is 2.27 bits per heavy atom. The van der Waals surface area contributed by atoms with Gasteiger partial charge in [-0.15, -0.1) is 0 Å². The summed E-state index contributed by atoms with van der Waals surface area (Å²) < 4.78 is 0. The second kappa shape index (κ2) is 8.13. The zero-order valence-corrected chi connectivity index (χ0v) is 15.9. The van der Waals surface area contributed by atoms with Gasteiger partial charge in [0, 0.05) is 58.2 Å². The summed E-state index contributed by atoms with van der Waals surface area (Å²) in [5.74, 6) is 0. The van der Waals surface area contributed by atoms with Crippen molar-refractivity contribution in [2.24, 2.45) is 0 Å². The van der Waals surface area contributed by atoms with Crippen LogP contribution in [0.2, 0.25) is 0 Å². The van der Waals surface area contributed by atoms with E-state index < -0.39 is 0 Å². The van der Waals surface area contributed by atoms with E-state index in [0.717, 1.165) is 26.2 Å². The topological polar surface area (TPSA) is 38.8 Å². The van der Waals surface area contributed by atoms with Crippen LogP contribution in [0.15, 0.2) is 48.5 Å². The first-order chi connectivity index (χ1) is 12.5. The van der Waals surface area contributed by atoms with E-state index in [1.54, 1.807) is 0 Å². The van der Waals surface area contributed by atoms with Crippen LogP contribution in [-0.2, 0) is 6.54 Å². The fraction of sp³-hybridized carbons (Fsp3) is 0.381. The maximum atomic E-state index is 12.4. The van der Waals surface area contributed by atoms with Crippen LogP contribution in [0.5, 0.6) is 0 Å². The van der Waals surface area contributed by atoms with Crippen LogP contribution in [0.3, 0.4) is 0 Å². The monoisotopic (exact) mass is 352 g/mol. The van der Waals surface area contributed by atoms with Crippen LogP contribution in [-0.4, -0.2) is 51.2 Å². The van der Waals surface area contributed by atoms with Crippen molar-refractivity contribution >= 4 is 17.4 Å². The summed E-state index contributed by atoms with van der Waals surface area (Å²) >= 11 is 0. The number of carbonyl (C=O) groups is 1. The molecule has 1 saturated heterocycles. The second-order valence-corrected chi connectivity index (χ2v) is 6.97. The van der Waals surface area contributed by atoms with E-state index in [2.05, 4.69) is 58.4 Å². The van der Waals surface area contributed by atoms with Gasteiger partial charge in [0.2, 0.25) is 0 Å². The Morgan fingerprint density at radius 1 is 1.00 bits per heavy atom. The SMILES string of the molecule is Cc1ccccc1CNC(=O)N1CCN(c2ccc(N(C)C)cc2)CC1. The molecule has 1 fully saturated rings. The van der Waals surface area contributed by atoms with Crippen molar-refractivity contribution in [2.45, 2.75) is 13.5 Å². The van der Waals surface area contributed by atoms with E-state index in [0.29, 0.717) is 6.54 Å². The van der Waals surface area contributed by atoms with Crippen LogP contribution < -0.4 is 15.1 Å². The molecule has 0 saturated carbocycles. The minimum atomic E-state index is 0.0239. The van der Waals surface area contributed by atoms with Crippen molar-refractivity contribution < 1.29 is 4.79 Å². The molecular formula is C21H28N4O. The Kier molecular flexibility index (Phi) is 5.66. The third kappa shape index (κ3) is 4.28. The highest BCUT2D eigenvalue weighted by molar-refractivity contribution is 5.74. The number of piperazine rings is 1. The van der Waals surface area contributed by atoms with E-state index in [9.17, 15) is 4.79 Å². The second-order valence-electron chi connectivity index (χ2n) is 6.97. The first-order valence-corrected chi connectivity index (χ1v) is 9.14. The smallest absolute Gasteiger partial charge is 0.317 e. The molecule has 2 aromatic carbocycles. The molecule has 5 nitrogen and oxygen atoms in total. The van der Waals surface area contributed by atoms with Gasteiger partial charge in [0.15, 0.2) is 0 Å². The molecule has 1 heterocycles. The zero-order chi connectivity index (χ0) is 18.5. The lowest BCUT2D eigenvalue weighted by molar-refractivity contribution is 0.194. The number of nitrogens with zero attached hydrogens (tertiary/aromatic N) is 3. The highest BCUT2D eigenvalue weighted by Crippen LogP contribution is 2.20. The Labute approximate surface area is 156 Å². The van der Waals surface area contributed by atoms with E-state index in [-0.39, 0.29) is 6.03 Å². The van der Waals surface area contributed by atoms with Gasteiger partial charge in [-0.25, -0.2) is 4.79 Å². The average Bonchev–Trinajstić information content (AvgIpc) is 2.67. The van der Waals surface area contributed by atoms with E-state index >= 15 is 0 Å². The van der Waals surface area contributed by atoms with Gasteiger partial charge in [0.05, 0.1) is 0 Å². The van der Waals surface area contributed by atoms with Gasteiger partial charge in [-0.2, -0.15) is 0 Å². The molecular weight excluding hydrogens is 324 g/mol. The lowest BCUT2D eigenvalue weighted by atomic mass is 10.1. The quantitative estimate of drug-likeness (QED) is 0.919. The summed E-state index contributed by atoms with van der Waals surface area (Å²) in [7, 11) is 4.09. The highest BCUT2D eigenvalue weighted by Gasteiger charge is 2.21. The first kappa shape index (κ1) is 18.1. The lowest BCUT2D eigenvalue weighted by Gasteiger charge is -2.36. The minimum Gasteiger partial charge on any atom is -0.378 e. The fourth-order valence-electron chi connectivity index (χ4n) is 3.22.